The molecule has 0 aliphatic heterocycles. The Kier molecular flexibility index (Phi) is 3.43. The highest BCUT2D eigenvalue weighted by atomic mass is 19.4. The van der Waals surface area contributed by atoms with Crippen LogP contribution in [0.3, 0.4) is 0 Å². The van der Waals surface area contributed by atoms with Crippen LogP contribution in [0.1, 0.15) is 11.3 Å². The molecule has 102 valence electrons. The number of rotatable bonds is 3. The van der Waals surface area contributed by atoms with Crippen LogP contribution in [-0.2, 0) is 12.7 Å². The highest BCUT2D eigenvalue weighted by Gasteiger charge is 2.34. The fourth-order valence-electron chi connectivity index (χ4n) is 1.58. The van der Waals surface area contributed by atoms with Crippen LogP contribution >= 0.6 is 0 Å². The molecule has 2 aromatic rings. The lowest BCUT2D eigenvalue weighted by Crippen LogP contribution is -2.09. The smallest absolute Gasteiger partial charge is 0.420 e. The number of ether oxygens (including phenoxy) is 1. The number of hydrogen-bond acceptors (Lipinski definition) is 4. The number of methoxy groups -OCH3 is 1. The van der Waals surface area contributed by atoms with Crippen molar-refractivity contribution < 1.29 is 17.9 Å². The van der Waals surface area contributed by atoms with Crippen molar-refractivity contribution in [3.63, 3.8) is 0 Å². The zero-order valence-corrected chi connectivity index (χ0v) is 9.98. The van der Waals surface area contributed by atoms with Crippen molar-refractivity contribution in [2.45, 2.75) is 12.7 Å². The maximum atomic E-state index is 12.9. The number of alkyl halides is 3. The van der Waals surface area contributed by atoms with E-state index in [4.69, 9.17) is 10.5 Å². The van der Waals surface area contributed by atoms with E-state index in [1.165, 1.54) is 30.1 Å². The monoisotopic (exact) mass is 272 g/mol. The van der Waals surface area contributed by atoms with E-state index in [9.17, 15) is 13.2 Å². The molecule has 1 heterocycles. The molecule has 5 nitrogen and oxygen atoms in total. The summed E-state index contributed by atoms with van der Waals surface area (Å²) in [5.74, 6) is -0.240. The maximum absolute atomic E-state index is 12.9. The second kappa shape index (κ2) is 4.88. The third-order valence-corrected chi connectivity index (χ3v) is 2.50. The van der Waals surface area contributed by atoms with Crippen molar-refractivity contribution in [2.75, 3.05) is 7.11 Å². The summed E-state index contributed by atoms with van der Waals surface area (Å²) in [5.41, 5.74) is 5.23. The molecule has 0 unspecified atom stereocenters. The lowest BCUT2D eigenvalue weighted by Gasteiger charge is -2.13. The van der Waals surface area contributed by atoms with Gasteiger partial charge in [-0.3, -0.25) is 0 Å². The van der Waals surface area contributed by atoms with E-state index in [1.807, 2.05) is 0 Å². The summed E-state index contributed by atoms with van der Waals surface area (Å²) in [6, 6.07) is 3.65. The van der Waals surface area contributed by atoms with Gasteiger partial charge < -0.3 is 10.5 Å². The summed E-state index contributed by atoms with van der Waals surface area (Å²) in [6.45, 7) is 0.169. The molecule has 0 atom stereocenters. The molecule has 0 spiro atoms. The molecule has 0 fully saturated rings. The molecule has 0 aliphatic carbocycles. The molecule has 0 bridgehead atoms. The Morgan fingerprint density at radius 1 is 1.37 bits per heavy atom. The van der Waals surface area contributed by atoms with Crippen LogP contribution in [0.15, 0.2) is 24.4 Å². The second-order valence-electron chi connectivity index (χ2n) is 3.74. The fourth-order valence-corrected chi connectivity index (χ4v) is 1.58. The molecule has 0 saturated heterocycles. The molecule has 0 aliphatic rings. The van der Waals surface area contributed by atoms with Gasteiger partial charge in [0.25, 0.3) is 0 Å². The molecule has 0 saturated carbocycles. The molecule has 1 aromatic carbocycles. The SMILES string of the molecule is COc1ccc(-n2cc(CN)nn2)cc1C(F)(F)F. The Hall–Kier alpha value is -2.09. The normalized spacial score (nSPS) is 11.6. The minimum absolute atomic E-state index is 0.169. The Morgan fingerprint density at radius 3 is 2.63 bits per heavy atom. The first-order valence-corrected chi connectivity index (χ1v) is 5.32. The zero-order chi connectivity index (χ0) is 14.0. The van der Waals surface area contributed by atoms with E-state index < -0.39 is 11.7 Å². The van der Waals surface area contributed by atoms with Crippen molar-refractivity contribution >= 4 is 0 Å². The van der Waals surface area contributed by atoms with Crippen molar-refractivity contribution in [3.8, 4) is 11.4 Å². The Balaban J connectivity index is 2.48. The maximum Gasteiger partial charge on any atom is 0.420 e. The molecule has 19 heavy (non-hydrogen) atoms. The molecule has 8 heteroatoms. The van der Waals surface area contributed by atoms with Crippen molar-refractivity contribution in [3.05, 3.63) is 35.7 Å². The van der Waals surface area contributed by atoms with Crippen LogP contribution in [0, 0.1) is 0 Å². The van der Waals surface area contributed by atoms with E-state index >= 15 is 0 Å². The molecule has 0 amide bonds. The van der Waals surface area contributed by atoms with Gasteiger partial charge in [-0.1, -0.05) is 5.21 Å². The number of hydrogen-bond donors (Lipinski definition) is 1. The highest BCUT2D eigenvalue weighted by Crippen LogP contribution is 2.37. The summed E-state index contributed by atoms with van der Waals surface area (Å²) in [4.78, 5) is 0. The predicted molar refractivity (Wildman–Crippen MR) is 60.8 cm³/mol. The van der Waals surface area contributed by atoms with Crippen LogP contribution in [0.25, 0.3) is 5.69 Å². The standard InChI is InChI=1S/C11H11F3N4O/c1-19-10-3-2-8(4-9(10)11(12,13)14)18-6-7(5-15)16-17-18/h2-4,6H,5,15H2,1H3. The molecular formula is C11H11F3N4O. The summed E-state index contributed by atoms with van der Waals surface area (Å²) >= 11 is 0. The predicted octanol–water partition coefficient (Wildman–Crippen LogP) is 1.75. The van der Waals surface area contributed by atoms with Gasteiger partial charge in [0.2, 0.25) is 0 Å². The van der Waals surface area contributed by atoms with E-state index in [-0.39, 0.29) is 18.0 Å². The first-order valence-electron chi connectivity index (χ1n) is 5.32. The van der Waals surface area contributed by atoms with Gasteiger partial charge in [0.15, 0.2) is 0 Å². The van der Waals surface area contributed by atoms with Gasteiger partial charge in [-0.15, -0.1) is 5.10 Å². The van der Waals surface area contributed by atoms with Crippen molar-refractivity contribution in [1.29, 1.82) is 0 Å². The summed E-state index contributed by atoms with van der Waals surface area (Å²) in [5, 5.41) is 7.44. The highest BCUT2D eigenvalue weighted by molar-refractivity contribution is 5.45. The Labute approximate surface area is 106 Å². The zero-order valence-electron chi connectivity index (χ0n) is 9.98. The van der Waals surface area contributed by atoms with E-state index in [1.54, 1.807) is 0 Å². The van der Waals surface area contributed by atoms with Gasteiger partial charge in [0.05, 0.1) is 30.3 Å². The minimum Gasteiger partial charge on any atom is -0.496 e. The van der Waals surface area contributed by atoms with Gasteiger partial charge in [-0.25, -0.2) is 4.68 Å². The van der Waals surface area contributed by atoms with Crippen LogP contribution in [0.5, 0.6) is 5.75 Å². The summed E-state index contributed by atoms with van der Waals surface area (Å²) in [6.07, 6.45) is -3.03. The number of nitrogens with zero attached hydrogens (tertiary/aromatic N) is 3. The first-order chi connectivity index (χ1) is 8.95. The first kappa shape index (κ1) is 13.3. The number of halogens is 3. The second-order valence-corrected chi connectivity index (χ2v) is 3.74. The summed E-state index contributed by atoms with van der Waals surface area (Å²) < 4.78 is 44.5. The third-order valence-electron chi connectivity index (χ3n) is 2.50. The lowest BCUT2D eigenvalue weighted by atomic mass is 10.1. The van der Waals surface area contributed by atoms with Gasteiger partial charge in [-0.2, -0.15) is 13.2 Å². The van der Waals surface area contributed by atoms with E-state index in [0.717, 1.165) is 6.07 Å². The van der Waals surface area contributed by atoms with Crippen molar-refractivity contribution in [2.24, 2.45) is 5.73 Å². The fraction of sp³-hybridized carbons (Fsp3) is 0.273. The number of aromatic nitrogens is 3. The molecular weight excluding hydrogens is 261 g/mol. The average molecular weight is 272 g/mol. The van der Waals surface area contributed by atoms with Crippen LogP contribution in [0.2, 0.25) is 0 Å². The van der Waals surface area contributed by atoms with Gasteiger partial charge in [0, 0.05) is 6.54 Å². The number of benzene rings is 1. The Morgan fingerprint density at radius 2 is 2.11 bits per heavy atom. The average Bonchev–Trinajstić information content (AvgIpc) is 2.85. The molecule has 1 aromatic heterocycles. The molecule has 2 rings (SSSR count). The van der Waals surface area contributed by atoms with Crippen LogP contribution in [0.4, 0.5) is 13.2 Å². The number of nitrogens with two attached hydrogens (primary N) is 1. The van der Waals surface area contributed by atoms with Crippen LogP contribution in [-0.4, -0.2) is 22.1 Å². The van der Waals surface area contributed by atoms with Gasteiger partial charge >= 0.3 is 6.18 Å². The van der Waals surface area contributed by atoms with Gasteiger partial charge in [-0.05, 0) is 18.2 Å². The Bertz CT molecular complexity index is 580. The largest absolute Gasteiger partial charge is 0.496 e. The molecule has 0 radical (unpaired) electrons. The van der Waals surface area contributed by atoms with E-state index in [0.29, 0.717) is 5.69 Å². The quantitative estimate of drug-likeness (QED) is 0.924. The molecule has 2 N–H and O–H groups in total. The van der Waals surface area contributed by atoms with Crippen LogP contribution < -0.4 is 10.5 Å². The third kappa shape index (κ3) is 2.68. The minimum atomic E-state index is -4.50. The van der Waals surface area contributed by atoms with E-state index in [2.05, 4.69) is 10.3 Å². The van der Waals surface area contributed by atoms with Crippen molar-refractivity contribution in [1.82, 2.24) is 15.0 Å². The summed E-state index contributed by atoms with van der Waals surface area (Å²) in [7, 11) is 1.19. The lowest BCUT2D eigenvalue weighted by molar-refractivity contribution is -0.138. The topological polar surface area (TPSA) is 66.0 Å². The van der Waals surface area contributed by atoms with Gasteiger partial charge in [0.1, 0.15) is 5.75 Å².